The van der Waals surface area contributed by atoms with E-state index in [2.05, 4.69) is 12.2 Å². The minimum absolute atomic E-state index is 0.0254. The van der Waals surface area contributed by atoms with Crippen molar-refractivity contribution in [2.24, 2.45) is 5.92 Å². The molecule has 0 bridgehead atoms. The van der Waals surface area contributed by atoms with Gasteiger partial charge >= 0.3 is 0 Å². The molecule has 31 heavy (non-hydrogen) atoms. The van der Waals surface area contributed by atoms with Gasteiger partial charge in [-0.05, 0) is 31.5 Å². The Morgan fingerprint density at radius 3 is 2.45 bits per heavy atom. The molecule has 2 aromatic carbocycles. The van der Waals surface area contributed by atoms with Crippen LogP contribution in [-0.2, 0) is 4.79 Å². The van der Waals surface area contributed by atoms with Crippen LogP contribution in [0.4, 0.5) is 0 Å². The first-order valence-corrected chi connectivity index (χ1v) is 10.8. The topological polar surface area (TPSA) is 67.9 Å². The Balaban J connectivity index is 1.91. The first-order chi connectivity index (χ1) is 15.0. The van der Waals surface area contributed by atoms with Gasteiger partial charge in [-0.3, -0.25) is 9.59 Å². The van der Waals surface area contributed by atoms with Gasteiger partial charge < -0.3 is 19.7 Å². The van der Waals surface area contributed by atoms with Crippen LogP contribution in [0.25, 0.3) is 0 Å². The molecule has 1 aliphatic rings. The molecule has 2 amide bonds. The van der Waals surface area contributed by atoms with Crippen molar-refractivity contribution in [2.45, 2.75) is 32.6 Å². The number of carbonyl (C=O) groups excluding carboxylic acids is 2. The number of hydrogen-bond acceptors (Lipinski definition) is 4. The highest BCUT2D eigenvalue weighted by Gasteiger charge is 2.42. The molecule has 1 saturated heterocycles. The summed E-state index contributed by atoms with van der Waals surface area (Å²) in [4.78, 5) is 28.0. The van der Waals surface area contributed by atoms with E-state index in [1.54, 1.807) is 19.1 Å². The third-order valence-corrected chi connectivity index (χ3v) is 5.90. The summed E-state index contributed by atoms with van der Waals surface area (Å²) in [6, 6.07) is 13.2. The molecule has 0 aromatic heterocycles. The molecule has 6 heteroatoms. The minimum atomic E-state index is -0.354. The summed E-state index contributed by atoms with van der Waals surface area (Å²) in [6.07, 6.45) is 1.94. The number of carbonyl (C=O) groups is 2. The smallest absolute Gasteiger partial charge is 0.253 e. The number of amides is 2. The van der Waals surface area contributed by atoms with Crippen LogP contribution in [-0.4, -0.2) is 50.6 Å². The van der Waals surface area contributed by atoms with Crippen LogP contribution in [0.15, 0.2) is 42.5 Å². The lowest BCUT2D eigenvalue weighted by Gasteiger charge is -2.21. The lowest BCUT2D eigenvalue weighted by Crippen LogP contribution is -2.36. The number of nitrogens with zero attached hydrogens (tertiary/aromatic N) is 1. The number of unbranched alkanes of at least 4 members (excludes halogenated alkanes) is 1. The lowest BCUT2D eigenvalue weighted by molar-refractivity contribution is -0.124. The number of benzene rings is 2. The van der Waals surface area contributed by atoms with E-state index in [1.807, 2.05) is 49.4 Å². The Hall–Kier alpha value is -3.02. The summed E-state index contributed by atoms with van der Waals surface area (Å²) < 4.78 is 11.1. The first kappa shape index (κ1) is 22.7. The molecule has 2 aromatic rings. The number of ether oxygens (including phenoxy) is 2. The standard InChI is InChI=1S/C25H32N2O4/c1-5-6-14-26-24(28)21-16-27(25(29)18-12-10-17(2)11-13-18)15-20(21)19-8-7-9-22(30-3)23(19)31-4/h7-13,20-21H,5-6,14-16H2,1-4H3,(H,26,28)/t20-,21+/m1/s1. The SMILES string of the molecule is CCCCNC(=O)[C@H]1CN(C(=O)c2ccc(C)cc2)C[C@@H]1c1cccc(OC)c1OC. The number of aryl methyl sites for hydroxylation is 1. The summed E-state index contributed by atoms with van der Waals surface area (Å²) >= 11 is 0. The molecule has 1 heterocycles. The zero-order chi connectivity index (χ0) is 22.4. The first-order valence-electron chi connectivity index (χ1n) is 10.8. The van der Waals surface area contributed by atoms with Crippen LogP contribution in [0.1, 0.15) is 47.2 Å². The van der Waals surface area contributed by atoms with E-state index >= 15 is 0 Å². The summed E-state index contributed by atoms with van der Waals surface area (Å²) in [5.74, 6) is 0.617. The molecule has 0 spiro atoms. The third kappa shape index (κ3) is 5.01. The molecule has 0 saturated carbocycles. The molecule has 0 unspecified atom stereocenters. The average Bonchev–Trinajstić information content (AvgIpc) is 3.24. The van der Waals surface area contributed by atoms with Gasteiger partial charge in [0, 0.05) is 36.7 Å². The lowest BCUT2D eigenvalue weighted by atomic mass is 9.87. The zero-order valence-corrected chi connectivity index (χ0v) is 18.8. The van der Waals surface area contributed by atoms with E-state index in [-0.39, 0.29) is 23.7 Å². The summed E-state index contributed by atoms with van der Waals surface area (Å²) in [5, 5.41) is 3.05. The molecule has 1 aliphatic heterocycles. The zero-order valence-electron chi connectivity index (χ0n) is 18.8. The highest BCUT2D eigenvalue weighted by molar-refractivity contribution is 5.95. The Morgan fingerprint density at radius 1 is 1.06 bits per heavy atom. The summed E-state index contributed by atoms with van der Waals surface area (Å²) in [7, 11) is 3.19. The van der Waals surface area contributed by atoms with Crippen molar-refractivity contribution < 1.29 is 19.1 Å². The van der Waals surface area contributed by atoms with E-state index in [9.17, 15) is 9.59 Å². The summed E-state index contributed by atoms with van der Waals surface area (Å²) in [5.41, 5.74) is 2.62. The van der Waals surface area contributed by atoms with E-state index in [4.69, 9.17) is 9.47 Å². The van der Waals surface area contributed by atoms with Crippen molar-refractivity contribution >= 4 is 11.8 Å². The molecule has 0 aliphatic carbocycles. The average molecular weight is 425 g/mol. The van der Waals surface area contributed by atoms with Gasteiger partial charge in [0.15, 0.2) is 11.5 Å². The van der Waals surface area contributed by atoms with E-state index in [0.29, 0.717) is 36.7 Å². The fourth-order valence-electron chi connectivity index (χ4n) is 4.15. The predicted molar refractivity (Wildman–Crippen MR) is 121 cm³/mol. The minimum Gasteiger partial charge on any atom is -0.493 e. The van der Waals surface area contributed by atoms with Crippen LogP contribution in [0, 0.1) is 12.8 Å². The van der Waals surface area contributed by atoms with Crippen molar-refractivity contribution in [3.05, 3.63) is 59.2 Å². The molecule has 6 nitrogen and oxygen atoms in total. The molecule has 1 fully saturated rings. The quantitative estimate of drug-likeness (QED) is 0.655. The molecule has 3 rings (SSSR count). The van der Waals surface area contributed by atoms with Crippen LogP contribution in [0.2, 0.25) is 0 Å². The van der Waals surface area contributed by atoms with Crippen molar-refractivity contribution in [2.75, 3.05) is 33.9 Å². The van der Waals surface area contributed by atoms with E-state index in [0.717, 1.165) is 24.0 Å². The van der Waals surface area contributed by atoms with E-state index in [1.165, 1.54) is 0 Å². The van der Waals surface area contributed by atoms with Gasteiger partial charge in [0.25, 0.3) is 5.91 Å². The van der Waals surface area contributed by atoms with Gasteiger partial charge in [-0.15, -0.1) is 0 Å². The number of rotatable bonds is 8. The van der Waals surface area contributed by atoms with Crippen molar-refractivity contribution in [1.29, 1.82) is 0 Å². The maximum absolute atomic E-state index is 13.2. The van der Waals surface area contributed by atoms with E-state index < -0.39 is 0 Å². The monoisotopic (exact) mass is 424 g/mol. The van der Waals surface area contributed by atoms with Crippen LogP contribution in [0.3, 0.4) is 0 Å². The van der Waals surface area contributed by atoms with Crippen molar-refractivity contribution in [3.8, 4) is 11.5 Å². The molecule has 1 N–H and O–H groups in total. The molecular weight excluding hydrogens is 392 g/mol. The second-order valence-corrected chi connectivity index (χ2v) is 8.02. The van der Waals surface area contributed by atoms with Gasteiger partial charge in [0.2, 0.25) is 5.91 Å². The van der Waals surface area contributed by atoms with Gasteiger partial charge in [-0.2, -0.15) is 0 Å². The predicted octanol–water partition coefficient (Wildman–Crippen LogP) is 3.78. The normalized spacial score (nSPS) is 18.0. The Bertz CT molecular complexity index is 910. The molecular formula is C25H32N2O4. The number of likely N-dealkylation sites (tertiary alicyclic amines) is 1. The fraction of sp³-hybridized carbons (Fsp3) is 0.440. The number of methoxy groups -OCH3 is 2. The Kier molecular flexibility index (Phi) is 7.55. The van der Waals surface area contributed by atoms with Gasteiger partial charge in [0.1, 0.15) is 0 Å². The number of nitrogens with one attached hydrogen (secondary N) is 1. The summed E-state index contributed by atoms with van der Waals surface area (Å²) in [6.45, 7) is 5.54. The second kappa shape index (κ2) is 10.3. The van der Waals surface area contributed by atoms with Gasteiger partial charge in [-0.1, -0.05) is 43.2 Å². The maximum atomic E-state index is 13.2. The van der Waals surface area contributed by atoms with Crippen LogP contribution >= 0.6 is 0 Å². The fourth-order valence-corrected chi connectivity index (χ4v) is 4.15. The number of para-hydroxylation sites is 1. The number of hydrogen-bond donors (Lipinski definition) is 1. The Morgan fingerprint density at radius 2 is 1.81 bits per heavy atom. The van der Waals surface area contributed by atoms with Crippen molar-refractivity contribution in [1.82, 2.24) is 10.2 Å². The Labute approximate surface area is 184 Å². The largest absolute Gasteiger partial charge is 0.493 e. The highest BCUT2D eigenvalue weighted by Crippen LogP contribution is 2.42. The molecule has 0 radical (unpaired) electrons. The van der Waals surface area contributed by atoms with Gasteiger partial charge in [0.05, 0.1) is 20.1 Å². The van der Waals surface area contributed by atoms with Crippen LogP contribution in [0.5, 0.6) is 11.5 Å². The van der Waals surface area contributed by atoms with Crippen LogP contribution < -0.4 is 14.8 Å². The molecule has 166 valence electrons. The van der Waals surface area contributed by atoms with Gasteiger partial charge in [-0.25, -0.2) is 0 Å². The highest BCUT2D eigenvalue weighted by atomic mass is 16.5. The maximum Gasteiger partial charge on any atom is 0.253 e. The second-order valence-electron chi connectivity index (χ2n) is 8.02. The molecule has 2 atom stereocenters. The van der Waals surface area contributed by atoms with Crippen molar-refractivity contribution in [3.63, 3.8) is 0 Å². The third-order valence-electron chi connectivity index (χ3n) is 5.90.